The molecule has 0 spiro atoms. The maximum Gasteiger partial charge on any atom is 0.179 e. The van der Waals surface area contributed by atoms with E-state index in [2.05, 4.69) is 19.9 Å². The molecule has 0 saturated heterocycles. The molecule has 0 saturated carbocycles. The Morgan fingerprint density at radius 3 is 2.72 bits per heavy atom. The minimum Gasteiger partial charge on any atom is -0.336 e. The fourth-order valence-electron chi connectivity index (χ4n) is 1.64. The van der Waals surface area contributed by atoms with Crippen LogP contribution in [0.3, 0.4) is 0 Å². The Kier molecular flexibility index (Phi) is 2.69. The van der Waals surface area contributed by atoms with Gasteiger partial charge < -0.3 is 4.98 Å². The highest BCUT2D eigenvalue weighted by Crippen LogP contribution is 2.25. The number of H-pyrrole nitrogens is 1. The molecular formula is C12H8Cl2N4. The minimum atomic E-state index is 0.254. The van der Waals surface area contributed by atoms with Crippen LogP contribution in [0.2, 0.25) is 10.2 Å². The first-order chi connectivity index (χ1) is 8.63. The molecule has 0 aliphatic carbocycles. The molecule has 0 bridgehead atoms. The van der Waals surface area contributed by atoms with Crippen LogP contribution in [0.15, 0.2) is 24.4 Å². The predicted molar refractivity (Wildman–Crippen MR) is 71.9 cm³/mol. The van der Waals surface area contributed by atoms with Crippen molar-refractivity contribution < 1.29 is 0 Å². The van der Waals surface area contributed by atoms with Crippen molar-refractivity contribution in [2.75, 3.05) is 0 Å². The van der Waals surface area contributed by atoms with Gasteiger partial charge in [-0.05, 0) is 25.1 Å². The standard InChI is InChI=1S/C12H8Cl2N4/c1-6-2-3-7(5-15-6)11-16-9-4-8(13)10(14)17-12(9)18-11/h2-5H,1H3,(H,16,17,18). The average Bonchev–Trinajstić information content (AvgIpc) is 2.73. The molecule has 18 heavy (non-hydrogen) atoms. The maximum atomic E-state index is 5.91. The molecule has 3 aromatic heterocycles. The van der Waals surface area contributed by atoms with Gasteiger partial charge in [-0.1, -0.05) is 23.2 Å². The highest BCUT2D eigenvalue weighted by molar-refractivity contribution is 6.41. The van der Waals surface area contributed by atoms with Crippen molar-refractivity contribution in [2.24, 2.45) is 0 Å². The monoisotopic (exact) mass is 278 g/mol. The Bertz CT molecular complexity index is 680. The van der Waals surface area contributed by atoms with Crippen molar-refractivity contribution in [3.05, 3.63) is 40.3 Å². The number of fused-ring (bicyclic) bond motifs is 1. The lowest BCUT2D eigenvalue weighted by Crippen LogP contribution is -1.84. The van der Waals surface area contributed by atoms with Crippen LogP contribution in [0.25, 0.3) is 22.6 Å². The third-order valence-corrected chi connectivity index (χ3v) is 3.24. The van der Waals surface area contributed by atoms with Crippen LogP contribution in [0.1, 0.15) is 5.69 Å². The molecule has 3 aromatic rings. The van der Waals surface area contributed by atoms with Crippen LogP contribution in [0.5, 0.6) is 0 Å². The van der Waals surface area contributed by atoms with E-state index >= 15 is 0 Å². The SMILES string of the molecule is Cc1ccc(-c2nc3nc(Cl)c(Cl)cc3[nH]2)cn1. The third kappa shape index (κ3) is 1.94. The van der Waals surface area contributed by atoms with E-state index in [1.807, 2.05) is 19.1 Å². The van der Waals surface area contributed by atoms with Gasteiger partial charge in [-0.15, -0.1) is 0 Å². The lowest BCUT2D eigenvalue weighted by Gasteiger charge is -1.95. The third-order valence-electron chi connectivity index (χ3n) is 2.57. The van der Waals surface area contributed by atoms with Gasteiger partial charge in [-0.3, -0.25) is 4.98 Å². The van der Waals surface area contributed by atoms with Crippen molar-refractivity contribution >= 4 is 34.4 Å². The molecule has 90 valence electrons. The average molecular weight is 279 g/mol. The zero-order valence-electron chi connectivity index (χ0n) is 9.41. The van der Waals surface area contributed by atoms with Crippen molar-refractivity contribution in [3.63, 3.8) is 0 Å². The fourth-order valence-corrected chi connectivity index (χ4v) is 1.93. The lowest BCUT2D eigenvalue weighted by atomic mass is 10.2. The topological polar surface area (TPSA) is 54.5 Å². The molecule has 0 atom stereocenters. The predicted octanol–water partition coefficient (Wildman–Crippen LogP) is 3.64. The van der Waals surface area contributed by atoms with E-state index in [-0.39, 0.29) is 5.15 Å². The number of hydrogen-bond donors (Lipinski definition) is 1. The molecular weight excluding hydrogens is 271 g/mol. The molecule has 0 fully saturated rings. The number of rotatable bonds is 1. The number of pyridine rings is 2. The van der Waals surface area contributed by atoms with E-state index in [1.165, 1.54) is 0 Å². The number of nitrogens with zero attached hydrogens (tertiary/aromatic N) is 3. The second-order valence-electron chi connectivity index (χ2n) is 3.91. The van der Waals surface area contributed by atoms with Crippen LogP contribution >= 0.6 is 23.2 Å². The molecule has 4 nitrogen and oxygen atoms in total. The number of hydrogen-bond acceptors (Lipinski definition) is 3. The van der Waals surface area contributed by atoms with Crippen molar-refractivity contribution in [1.29, 1.82) is 0 Å². The minimum absolute atomic E-state index is 0.254. The summed E-state index contributed by atoms with van der Waals surface area (Å²) in [5.41, 5.74) is 3.14. The normalized spacial score (nSPS) is 11.1. The van der Waals surface area contributed by atoms with Gasteiger partial charge >= 0.3 is 0 Å². The van der Waals surface area contributed by atoms with Gasteiger partial charge in [0.25, 0.3) is 0 Å². The Labute approximate surface area is 113 Å². The molecule has 0 aliphatic heterocycles. The van der Waals surface area contributed by atoms with Gasteiger partial charge in [-0.2, -0.15) is 0 Å². The molecule has 3 rings (SSSR count). The molecule has 6 heteroatoms. The summed E-state index contributed by atoms with van der Waals surface area (Å²) in [5, 5.41) is 0.658. The molecule has 3 heterocycles. The number of imidazole rings is 1. The van der Waals surface area contributed by atoms with Crippen LogP contribution in [0, 0.1) is 6.92 Å². The summed E-state index contributed by atoms with van der Waals surface area (Å²) in [4.78, 5) is 15.8. The molecule has 0 unspecified atom stereocenters. The van der Waals surface area contributed by atoms with Gasteiger partial charge in [0.15, 0.2) is 5.65 Å². The van der Waals surface area contributed by atoms with Crippen molar-refractivity contribution in [1.82, 2.24) is 19.9 Å². The highest BCUT2D eigenvalue weighted by Gasteiger charge is 2.09. The van der Waals surface area contributed by atoms with E-state index in [9.17, 15) is 0 Å². The van der Waals surface area contributed by atoms with Crippen LogP contribution < -0.4 is 0 Å². The molecule has 1 N–H and O–H groups in total. The van der Waals surface area contributed by atoms with E-state index in [0.717, 1.165) is 16.8 Å². The van der Waals surface area contributed by atoms with Crippen LogP contribution in [0.4, 0.5) is 0 Å². The van der Waals surface area contributed by atoms with E-state index in [1.54, 1.807) is 12.3 Å². The van der Waals surface area contributed by atoms with Gasteiger partial charge in [0.1, 0.15) is 11.0 Å². The Morgan fingerprint density at radius 2 is 2.00 bits per heavy atom. The van der Waals surface area contributed by atoms with E-state index in [4.69, 9.17) is 23.2 Å². The van der Waals surface area contributed by atoms with E-state index < -0.39 is 0 Å². The van der Waals surface area contributed by atoms with Gasteiger partial charge in [-0.25, -0.2) is 9.97 Å². The number of aromatic amines is 1. The van der Waals surface area contributed by atoms with Crippen LogP contribution in [-0.2, 0) is 0 Å². The summed E-state index contributed by atoms with van der Waals surface area (Å²) in [6, 6.07) is 5.59. The summed E-state index contributed by atoms with van der Waals surface area (Å²) in [6.45, 7) is 1.93. The Hall–Kier alpha value is -1.65. The maximum absolute atomic E-state index is 5.91. The van der Waals surface area contributed by atoms with Crippen LogP contribution in [-0.4, -0.2) is 19.9 Å². The van der Waals surface area contributed by atoms with Gasteiger partial charge in [0.2, 0.25) is 0 Å². The van der Waals surface area contributed by atoms with Gasteiger partial charge in [0, 0.05) is 17.5 Å². The first-order valence-corrected chi connectivity index (χ1v) is 6.04. The first-order valence-electron chi connectivity index (χ1n) is 5.28. The largest absolute Gasteiger partial charge is 0.336 e. The molecule has 0 aromatic carbocycles. The number of nitrogens with one attached hydrogen (secondary N) is 1. The smallest absolute Gasteiger partial charge is 0.179 e. The summed E-state index contributed by atoms with van der Waals surface area (Å²) >= 11 is 11.8. The van der Waals surface area contributed by atoms with Gasteiger partial charge in [0.05, 0.1) is 10.5 Å². The lowest BCUT2D eigenvalue weighted by molar-refractivity contribution is 1.19. The molecule has 0 radical (unpaired) electrons. The van der Waals surface area contributed by atoms with E-state index in [0.29, 0.717) is 16.5 Å². The second-order valence-corrected chi connectivity index (χ2v) is 4.67. The van der Waals surface area contributed by atoms with Crippen molar-refractivity contribution in [2.45, 2.75) is 6.92 Å². The zero-order chi connectivity index (χ0) is 12.7. The summed E-state index contributed by atoms with van der Waals surface area (Å²) in [7, 11) is 0. The number of aromatic nitrogens is 4. The number of aryl methyl sites for hydroxylation is 1. The summed E-state index contributed by atoms with van der Waals surface area (Å²) in [5.74, 6) is 0.698. The molecule has 0 aliphatic rings. The van der Waals surface area contributed by atoms with Crippen molar-refractivity contribution in [3.8, 4) is 11.4 Å². The quantitative estimate of drug-likeness (QED) is 0.692. The highest BCUT2D eigenvalue weighted by atomic mass is 35.5. The first kappa shape index (κ1) is 11.4. The zero-order valence-corrected chi connectivity index (χ0v) is 10.9. The summed E-state index contributed by atoms with van der Waals surface area (Å²) in [6.07, 6.45) is 1.76. The summed E-state index contributed by atoms with van der Waals surface area (Å²) < 4.78 is 0. The molecule has 0 amide bonds. The fraction of sp³-hybridized carbons (Fsp3) is 0.0833. The number of halogens is 2. The Balaban J connectivity index is 2.16. The second kappa shape index (κ2) is 4.23. The Morgan fingerprint density at radius 1 is 1.17 bits per heavy atom.